The molecule has 0 bridgehead atoms. The third-order valence-corrected chi connectivity index (χ3v) is 4.13. The van der Waals surface area contributed by atoms with Crippen molar-refractivity contribution in [2.75, 3.05) is 0 Å². The number of aliphatic hydroxyl groups is 1. The first-order valence-corrected chi connectivity index (χ1v) is 6.18. The maximum Gasteiger partial charge on any atom is 0.147 e. The lowest BCUT2D eigenvalue weighted by Crippen LogP contribution is -2.38. The highest BCUT2D eigenvalue weighted by Gasteiger charge is 2.71. The van der Waals surface area contributed by atoms with E-state index in [1.54, 1.807) is 0 Å². The zero-order valence-corrected chi connectivity index (χ0v) is 10.5. The molecule has 17 heavy (non-hydrogen) atoms. The molecule has 2 nitrogen and oxygen atoms in total. The van der Waals surface area contributed by atoms with Crippen LogP contribution >= 0.6 is 0 Å². The normalized spacial score (nSPS) is 35.4. The minimum atomic E-state index is -0.518. The van der Waals surface area contributed by atoms with E-state index in [1.807, 2.05) is 32.1 Å². The molecule has 1 saturated heterocycles. The molecule has 3 atom stereocenters. The van der Waals surface area contributed by atoms with Gasteiger partial charge in [0.1, 0.15) is 11.2 Å². The van der Waals surface area contributed by atoms with Crippen LogP contribution in [0.25, 0.3) is 6.08 Å². The molecule has 2 aliphatic rings. The minimum absolute atomic E-state index is 0.187. The van der Waals surface area contributed by atoms with Gasteiger partial charge in [-0.25, -0.2) is 0 Å². The van der Waals surface area contributed by atoms with E-state index in [0.29, 0.717) is 0 Å². The molecule has 0 unspecified atom stereocenters. The number of ether oxygens (including phenoxy) is 1. The van der Waals surface area contributed by atoms with Crippen LogP contribution in [0, 0.1) is 5.92 Å². The third kappa shape index (κ3) is 1.23. The van der Waals surface area contributed by atoms with Gasteiger partial charge in [0, 0.05) is 0 Å². The summed E-state index contributed by atoms with van der Waals surface area (Å²) in [6.45, 7) is 6.12. The van der Waals surface area contributed by atoms with Gasteiger partial charge < -0.3 is 9.84 Å². The highest BCUT2D eigenvalue weighted by molar-refractivity contribution is 5.65. The highest BCUT2D eigenvalue weighted by Crippen LogP contribution is 2.62. The lowest BCUT2D eigenvalue weighted by Gasteiger charge is -2.26. The molecular formula is C15H18O2. The summed E-state index contributed by atoms with van der Waals surface area (Å²) in [5, 5.41) is 10.4. The largest absolute Gasteiger partial charge is 0.389 e. The predicted molar refractivity (Wildman–Crippen MR) is 67.5 cm³/mol. The average molecular weight is 230 g/mol. The number of aliphatic hydroxyl groups excluding tert-OH is 1. The second-order valence-electron chi connectivity index (χ2n) is 5.54. The quantitative estimate of drug-likeness (QED) is 0.792. The van der Waals surface area contributed by atoms with Crippen LogP contribution < -0.4 is 0 Å². The van der Waals surface area contributed by atoms with E-state index in [9.17, 15) is 5.11 Å². The molecule has 1 aromatic carbocycles. The Labute approximate surface area is 102 Å². The first-order valence-electron chi connectivity index (χ1n) is 6.18. The molecule has 1 aromatic rings. The van der Waals surface area contributed by atoms with Gasteiger partial charge in [-0.2, -0.15) is 0 Å². The Morgan fingerprint density at radius 3 is 2.65 bits per heavy atom. The Bertz CT molecular complexity index is 491. The molecule has 1 N–H and O–H groups in total. The van der Waals surface area contributed by atoms with E-state index < -0.39 is 11.7 Å². The van der Waals surface area contributed by atoms with Crippen molar-refractivity contribution in [3.8, 4) is 0 Å². The van der Waals surface area contributed by atoms with Crippen molar-refractivity contribution in [3.05, 3.63) is 41.5 Å². The summed E-state index contributed by atoms with van der Waals surface area (Å²) >= 11 is 0. The van der Waals surface area contributed by atoms with E-state index in [2.05, 4.69) is 25.1 Å². The Balaban J connectivity index is 2.08. The van der Waals surface area contributed by atoms with Crippen molar-refractivity contribution in [3.63, 3.8) is 0 Å². The lowest BCUT2D eigenvalue weighted by molar-refractivity contribution is 0.0609. The summed E-state index contributed by atoms with van der Waals surface area (Å²) in [5.74, 6) is 0.187. The van der Waals surface area contributed by atoms with Crippen LogP contribution in [-0.2, 0) is 10.3 Å². The van der Waals surface area contributed by atoms with Gasteiger partial charge in [0.05, 0.1) is 6.10 Å². The Morgan fingerprint density at radius 2 is 1.94 bits per heavy atom. The zero-order valence-electron chi connectivity index (χ0n) is 10.5. The number of benzene rings is 1. The fourth-order valence-electron chi connectivity index (χ4n) is 3.00. The molecule has 0 aromatic heterocycles. The number of hydrogen-bond acceptors (Lipinski definition) is 2. The van der Waals surface area contributed by atoms with E-state index in [0.717, 1.165) is 0 Å². The standard InChI is InChI=1S/C15H18O2/c1-10(2)13(16)15-9-8-11-6-4-5-7-12(11)14(15,3)17-15/h4-10,13,16H,1-3H3/t13-,14-,15-/m1/s1. The Kier molecular flexibility index (Phi) is 2.08. The minimum Gasteiger partial charge on any atom is -0.389 e. The number of rotatable bonds is 2. The molecule has 0 saturated carbocycles. The second kappa shape index (κ2) is 3.21. The van der Waals surface area contributed by atoms with Gasteiger partial charge in [-0.05, 0) is 30.0 Å². The molecule has 2 heteroatoms. The molecular weight excluding hydrogens is 212 g/mol. The number of epoxide rings is 1. The van der Waals surface area contributed by atoms with Crippen LogP contribution in [0.2, 0.25) is 0 Å². The zero-order chi connectivity index (χ0) is 12.3. The summed E-state index contributed by atoms with van der Waals surface area (Å²) < 4.78 is 5.97. The number of fused-ring (bicyclic) bond motifs is 3. The van der Waals surface area contributed by atoms with Gasteiger partial charge in [0.25, 0.3) is 0 Å². The van der Waals surface area contributed by atoms with E-state index >= 15 is 0 Å². The smallest absolute Gasteiger partial charge is 0.147 e. The SMILES string of the molecule is CC(C)[C@@H](O)[C@]12C=Cc3ccccc3[C@@]1(C)O2. The van der Waals surface area contributed by atoms with Crippen LogP contribution in [0.1, 0.15) is 31.9 Å². The summed E-state index contributed by atoms with van der Waals surface area (Å²) in [4.78, 5) is 0. The molecule has 1 aliphatic heterocycles. The molecule has 0 spiro atoms. The maximum atomic E-state index is 10.4. The maximum absolute atomic E-state index is 10.4. The fourth-order valence-corrected chi connectivity index (χ4v) is 3.00. The van der Waals surface area contributed by atoms with Gasteiger partial charge in [0.2, 0.25) is 0 Å². The van der Waals surface area contributed by atoms with E-state index in [1.165, 1.54) is 11.1 Å². The third-order valence-electron chi connectivity index (χ3n) is 4.13. The predicted octanol–water partition coefficient (Wildman–Crippen LogP) is 2.71. The van der Waals surface area contributed by atoms with Crippen molar-refractivity contribution in [2.45, 2.75) is 38.1 Å². The van der Waals surface area contributed by atoms with Gasteiger partial charge in [-0.15, -0.1) is 0 Å². The summed E-state index contributed by atoms with van der Waals surface area (Å²) in [5.41, 5.74) is 1.50. The monoisotopic (exact) mass is 230 g/mol. The van der Waals surface area contributed by atoms with Crippen LogP contribution in [0.15, 0.2) is 30.3 Å². The van der Waals surface area contributed by atoms with Crippen LogP contribution in [0.4, 0.5) is 0 Å². The highest BCUT2D eigenvalue weighted by atomic mass is 16.6. The van der Waals surface area contributed by atoms with Gasteiger partial charge >= 0.3 is 0 Å². The van der Waals surface area contributed by atoms with Crippen LogP contribution in [0.3, 0.4) is 0 Å². The summed E-state index contributed by atoms with van der Waals surface area (Å²) in [6, 6.07) is 8.23. The molecule has 0 radical (unpaired) electrons. The summed E-state index contributed by atoms with van der Waals surface area (Å²) in [6.07, 6.45) is 3.63. The average Bonchev–Trinajstić information content (AvgIpc) is 2.96. The molecule has 1 heterocycles. The molecule has 1 aliphatic carbocycles. The van der Waals surface area contributed by atoms with Gasteiger partial charge in [-0.1, -0.05) is 44.2 Å². The summed E-state index contributed by atoms with van der Waals surface area (Å²) in [7, 11) is 0. The van der Waals surface area contributed by atoms with Crippen molar-refractivity contribution in [1.29, 1.82) is 0 Å². The van der Waals surface area contributed by atoms with Gasteiger partial charge in [0.15, 0.2) is 0 Å². The first-order chi connectivity index (χ1) is 8.01. The molecule has 3 rings (SSSR count). The second-order valence-corrected chi connectivity index (χ2v) is 5.54. The van der Waals surface area contributed by atoms with Crippen molar-refractivity contribution >= 4 is 6.08 Å². The number of hydrogen-bond donors (Lipinski definition) is 1. The fraction of sp³-hybridized carbons (Fsp3) is 0.467. The first kappa shape index (κ1) is 11.0. The van der Waals surface area contributed by atoms with E-state index in [4.69, 9.17) is 4.74 Å². The molecule has 1 fully saturated rings. The van der Waals surface area contributed by atoms with Crippen molar-refractivity contribution in [2.24, 2.45) is 5.92 Å². The van der Waals surface area contributed by atoms with Crippen molar-refractivity contribution < 1.29 is 9.84 Å². The topological polar surface area (TPSA) is 32.8 Å². The Morgan fingerprint density at radius 1 is 1.24 bits per heavy atom. The van der Waals surface area contributed by atoms with Crippen LogP contribution in [-0.4, -0.2) is 16.8 Å². The molecule has 90 valence electrons. The van der Waals surface area contributed by atoms with Crippen LogP contribution in [0.5, 0.6) is 0 Å². The molecule has 0 amide bonds. The Hall–Kier alpha value is -1.12. The van der Waals surface area contributed by atoms with Crippen molar-refractivity contribution in [1.82, 2.24) is 0 Å². The van der Waals surface area contributed by atoms with E-state index in [-0.39, 0.29) is 11.5 Å². The van der Waals surface area contributed by atoms with Gasteiger partial charge in [-0.3, -0.25) is 0 Å². The lowest BCUT2D eigenvalue weighted by atomic mass is 9.75.